The van der Waals surface area contributed by atoms with Gasteiger partial charge in [0.05, 0.1) is 11.7 Å². The average molecular weight is 290 g/mol. The molecule has 92 valence electrons. The Bertz CT molecular complexity index is 343. The highest BCUT2D eigenvalue weighted by atomic mass is 79.9. The van der Waals surface area contributed by atoms with Crippen LogP contribution in [0.25, 0.3) is 0 Å². The number of likely N-dealkylation sites (N-methyl/N-ethyl adjacent to an activating group) is 1. The largest absolute Gasteiger partial charge is 0.321 e. The topological polar surface area (TPSA) is 60.0 Å². The fourth-order valence-electron chi connectivity index (χ4n) is 1.78. The van der Waals surface area contributed by atoms with Crippen LogP contribution in [0.1, 0.15) is 32.0 Å². The van der Waals surface area contributed by atoms with Crippen LogP contribution in [-0.4, -0.2) is 39.5 Å². The fraction of sp³-hybridized carbons (Fsp3) is 0.800. The van der Waals surface area contributed by atoms with E-state index in [2.05, 4.69) is 45.0 Å². The molecule has 0 aliphatic heterocycles. The first-order valence-electron chi connectivity index (χ1n) is 5.32. The lowest BCUT2D eigenvalue weighted by Crippen LogP contribution is -2.50. The Labute approximate surface area is 105 Å². The van der Waals surface area contributed by atoms with E-state index in [1.807, 2.05) is 21.1 Å². The molecule has 0 amide bonds. The van der Waals surface area contributed by atoms with Crippen molar-refractivity contribution >= 4 is 15.9 Å². The number of hydrogen-bond acceptors (Lipinski definition) is 4. The minimum Gasteiger partial charge on any atom is -0.321 e. The van der Waals surface area contributed by atoms with E-state index in [1.54, 1.807) is 4.68 Å². The van der Waals surface area contributed by atoms with Gasteiger partial charge in [0.25, 0.3) is 0 Å². The molecule has 0 bridgehead atoms. The Morgan fingerprint density at radius 1 is 1.56 bits per heavy atom. The first-order valence-corrected chi connectivity index (χ1v) is 6.12. The number of aromatic nitrogens is 3. The van der Waals surface area contributed by atoms with E-state index in [4.69, 9.17) is 5.73 Å². The summed E-state index contributed by atoms with van der Waals surface area (Å²) in [5.41, 5.74) is 7.17. The van der Waals surface area contributed by atoms with Crippen LogP contribution in [0.4, 0.5) is 0 Å². The SMILES string of the molecule is CCC(C)(C(N)c1c(Br)nnn1C)N(C)C. The highest BCUT2D eigenvalue weighted by molar-refractivity contribution is 9.10. The second-order valence-electron chi connectivity index (χ2n) is 4.47. The first kappa shape index (κ1) is 13.6. The molecule has 2 unspecified atom stereocenters. The monoisotopic (exact) mass is 289 g/mol. The minimum absolute atomic E-state index is 0.113. The first-order chi connectivity index (χ1) is 7.34. The molecule has 1 heterocycles. The van der Waals surface area contributed by atoms with E-state index >= 15 is 0 Å². The molecule has 0 saturated carbocycles. The number of nitrogens with zero attached hydrogens (tertiary/aromatic N) is 4. The van der Waals surface area contributed by atoms with Crippen LogP contribution in [0.3, 0.4) is 0 Å². The third-order valence-electron chi connectivity index (χ3n) is 3.53. The highest BCUT2D eigenvalue weighted by Gasteiger charge is 2.36. The summed E-state index contributed by atoms with van der Waals surface area (Å²) in [5, 5.41) is 7.94. The molecular formula is C10H20BrN5. The van der Waals surface area contributed by atoms with Crippen molar-refractivity contribution in [1.82, 2.24) is 19.9 Å². The Kier molecular flexibility index (Phi) is 4.09. The summed E-state index contributed by atoms with van der Waals surface area (Å²) in [4.78, 5) is 2.15. The van der Waals surface area contributed by atoms with Gasteiger partial charge in [-0.05, 0) is 43.4 Å². The van der Waals surface area contributed by atoms with Gasteiger partial charge in [-0.3, -0.25) is 0 Å². The van der Waals surface area contributed by atoms with Gasteiger partial charge in [0.2, 0.25) is 0 Å². The van der Waals surface area contributed by atoms with Gasteiger partial charge in [-0.25, -0.2) is 4.68 Å². The van der Waals surface area contributed by atoms with Crippen LogP contribution in [0.5, 0.6) is 0 Å². The quantitative estimate of drug-likeness (QED) is 0.908. The van der Waals surface area contributed by atoms with Gasteiger partial charge in [0.15, 0.2) is 4.60 Å². The highest BCUT2D eigenvalue weighted by Crippen LogP contribution is 2.32. The van der Waals surface area contributed by atoms with Crippen LogP contribution < -0.4 is 5.73 Å². The molecule has 1 aromatic heterocycles. The summed E-state index contributed by atoms with van der Waals surface area (Å²) >= 11 is 3.40. The molecule has 16 heavy (non-hydrogen) atoms. The van der Waals surface area contributed by atoms with E-state index in [1.165, 1.54) is 0 Å². The van der Waals surface area contributed by atoms with E-state index < -0.39 is 0 Å². The van der Waals surface area contributed by atoms with Crippen molar-refractivity contribution in [2.45, 2.75) is 31.8 Å². The van der Waals surface area contributed by atoms with Crippen molar-refractivity contribution in [3.05, 3.63) is 10.3 Å². The van der Waals surface area contributed by atoms with E-state index in [-0.39, 0.29) is 11.6 Å². The second kappa shape index (κ2) is 4.81. The third-order valence-corrected chi connectivity index (χ3v) is 4.09. The zero-order valence-corrected chi connectivity index (χ0v) is 12.1. The number of nitrogens with two attached hydrogens (primary N) is 1. The number of rotatable bonds is 4. The van der Waals surface area contributed by atoms with Gasteiger partial charge in [-0.15, -0.1) is 5.10 Å². The van der Waals surface area contributed by atoms with Crippen molar-refractivity contribution in [1.29, 1.82) is 0 Å². The summed E-state index contributed by atoms with van der Waals surface area (Å²) in [6.45, 7) is 4.29. The minimum atomic E-state index is -0.137. The van der Waals surface area contributed by atoms with E-state index in [9.17, 15) is 0 Å². The van der Waals surface area contributed by atoms with Crippen LogP contribution in [-0.2, 0) is 7.05 Å². The van der Waals surface area contributed by atoms with Gasteiger partial charge >= 0.3 is 0 Å². The Morgan fingerprint density at radius 2 is 2.12 bits per heavy atom. The molecule has 6 heteroatoms. The van der Waals surface area contributed by atoms with Gasteiger partial charge in [-0.1, -0.05) is 12.1 Å². The third kappa shape index (κ3) is 2.14. The van der Waals surface area contributed by atoms with Crippen LogP contribution >= 0.6 is 15.9 Å². The molecule has 5 nitrogen and oxygen atoms in total. The Hall–Kier alpha value is -0.460. The molecule has 2 N–H and O–H groups in total. The van der Waals surface area contributed by atoms with Crippen LogP contribution in [0.2, 0.25) is 0 Å². The van der Waals surface area contributed by atoms with Crippen molar-refractivity contribution in [3.63, 3.8) is 0 Å². The van der Waals surface area contributed by atoms with Gasteiger partial charge in [0.1, 0.15) is 0 Å². The summed E-state index contributed by atoms with van der Waals surface area (Å²) < 4.78 is 2.45. The molecule has 0 fully saturated rings. The lowest BCUT2D eigenvalue weighted by atomic mass is 9.87. The second-order valence-corrected chi connectivity index (χ2v) is 5.22. The maximum Gasteiger partial charge on any atom is 0.153 e. The maximum absolute atomic E-state index is 6.36. The van der Waals surface area contributed by atoms with Crippen molar-refractivity contribution in [2.75, 3.05) is 14.1 Å². The molecule has 0 aliphatic rings. The van der Waals surface area contributed by atoms with E-state index in [0.29, 0.717) is 0 Å². The Balaban J connectivity index is 3.14. The zero-order valence-electron chi connectivity index (χ0n) is 10.5. The Morgan fingerprint density at radius 3 is 2.44 bits per heavy atom. The van der Waals surface area contributed by atoms with Gasteiger partial charge in [-0.2, -0.15) is 0 Å². The summed E-state index contributed by atoms with van der Waals surface area (Å²) in [5.74, 6) is 0. The number of hydrogen-bond donors (Lipinski definition) is 1. The van der Waals surface area contributed by atoms with Crippen molar-refractivity contribution in [2.24, 2.45) is 12.8 Å². The standard InChI is InChI=1S/C10H20BrN5/c1-6-10(2,15(3)4)8(12)7-9(11)13-14-16(7)5/h8H,6,12H2,1-5H3. The number of halogens is 1. The molecule has 0 aromatic carbocycles. The fourth-order valence-corrected chi connectivity index (χ4v) is 2.35. The molecule has 2 atom stereocenters. The summed E-state index contributed by atoms with van der Waals surface area (Å²) in [6, 6.07) is -0.137. The molecule has 0 radical (unpaired) electrons. The predicted molar refractivity (Wildman–Crippen MR) is 68.0 cm³/mol. The average Bonchev–Trinajstić information content (AvgIpc) is 2.56. The molecule has 0 aliphatic carbocycles. The van der Waals surface area contributed by atoms with Crippen molar-refractivity contribution in [3.8, 4) is 0 Å². The number of aryl methyl sites for hydroxylation is 1. The zero-order chi connectivity index (χ0) is 12.5. The lowest BCUT2D eigenvalue weighted by Gasteiger charge is -2.40. The van der Waals surface area contributed by atoms with E-state index in [0.717, 1.165) is 16.7 Å². The maximum atomic E-state index is 6.36. The van der Waals surface area contributed by atoms with Crippen LogP contribution in [0, 0.1) is 0 Å². The van der Waals surface area contributed by atoms with Crippen LogP contribution in [0.15, 0.2) is 4.60 Å². The molecule has 1 aromatic rings. The smallest absolute Gasteiger partial charge is 0.153 e. The molecule has 1 rings (SSSR count). The molecular weight excluding hydrogens is 270 g/mol. The predicted octanol–water partition coefficient (Wildman–Crippen LogP) is 1.31. The lowest BCUT2D eigenvalue weighted by molar-refractivity contribution is 0.128. The summed E-state index contributed by atoms with van der Waals surface area (Å²) in [6.07, 6.45) is 0.957. The normalized spacial score (nSPS) is 17.5. The summed E-state index contributed by atoms with van der Waals surface area (Å²) in [7, 11) is 5.95. The molecule has 0 saturated heterocycles. The van der Waals surface area contributed by atoms with Gasteiger partial charge in [0, 0.05) is 12.6 Å². The van der Waals surface area contributed by atoms with Crippen molar-refractivity contribution < 1.29 is 0 Å². The molecule has 0 spiro atoms. The van der Waals surface area contributed by atoms with Gasteiger partial charge < -0.3 is 10.6 Å².